The summed E-state index contributed by atoms with van der Waals surface area (Å²) in [6.07, 6.45) is 3.05. The third-order valence-electron chi connectivity index (χ3n) is 6.94. The number of aliphatic hydroxyl groups is 1. The number of benzene rings is 2. The summed E-state index contributed by atoms with van der Waals surface area (Å²) in [5.74, 6) is -1.64. The van der Waals surface area contributed by atoms with E-state index in [2.05, 4.69) is 0 Å². The summed E-state index contributed by atoms with van der Waals surface area (Å²) in [5.41, 5.74) is 6.82. The molecule has 0 bridgehead atoms. The van der Waals surface area contributed by atoms with Crippen molar-refractivity contribution in [3.8, 4) is 11.1 Å². The number of hydrogen-bond acceptors (Lipinski definition) is 4. The molecule has 0 fully saturated rings. The van der Waals surface area contributed by atoms with Crippen LogP contribution in [0, 0.1) is 17.0 Å². The topological polar surface area (TPSA) is 88.6 Å². The van der Waals surface area contributed by atoms with Gasteiger partial charge in [0.2, 0.25) is 5.91 Å². The molecule has 3 aromatic rings. The molecule has 0 unspecified atom stereocenters. The first-order chi connectivity index (χ1) is 17.9. The van der Waals surface area contributed by atoms with Gasteiger partial charge in [-0.05, 0) is 48.1 Å². The molecule has 204 valence electrons. The first-order valence-corrected chi connectivity index (χ1v) is 12.8. The van der Waals surface area contributed by atoms with Crippen molar-refractivity contribution in [2.45, 2.75) is 58.7 Å². The summed E-state index contributed by atoms with van der Waals surface area (Å²) >= 11 is 0. The molecule has 1 heterocycles. The maximum absolute atomic E-state index is 14.8. The van der Waals surface area contributed by atoms with Crippen molar-refractivity contribution in [2.75, 3.05) is 13.2 Å². The van der Waals surface area contributed by atoms with Crippen LogP contribution >= 0.6 is 0 Å². The summed E-state index contributed by atoms with van der Waals surface area (Å²) in [6, 6.07) is 14.2. The average molecular weight is 526 g/mol. The highest BCUT2D eigenvalue weighted by molar-refractivity contribution is 5.78. The molecule has 0 aliphatic carbocycles. The normalized spacial score (nSPS) is 14.1. The monoisotopic (exact) mass is 525 g/mol. The van der Waals surface area contributed by atoms with Gasteiger partial charge in [0.05, 0.1) is 11.6 Å². The van der Waals surface area contributed by atoms with Crippen LogP contribution in [0.15, 0.2) is 60.8 Å². The van der Waals surface area contributed by atoms with Gasteiger partial charge < -0.3 is 25.1 Å². The summed E-state index contributed by atoms with van der Waals surface area (Å²) in [7, 11) is 0. The minimum atomic E-state index is -1.11. The van der Waals surface area contributed by atoms with Gasteiger partial charge in [0, 0.05) is 36.1 Å². The number of nitrogens with two attached hydrogens (primary N) is 1. The highest BCUT2D eigenvalue weighted by atomic mass is 19.1. The SMILES string of the molecule is CC[C@](N)(C=O)CCN(C(=O)CO)[C@@H](c1cc(-c2cc(F)ccc2F)cn1Cc1ccccc1)C(C)(C)C. The number of aldehydes is 1. The fourth-order valence-corrected chi connectivity index (χ4v) is 4.75. The van der Waals surface area contributed by atoms with E-state index in [4.69, 9.17) is 5.73 Å². The van der Waals surface area contributed by atoms with Gasteiger partial charge in [0.1, 0.15) is 24.5 Å². The minimum Gasteiger partial charge on any atom is -0.387 e. The smallest absolute Gasteiger partial charge is 0.248 e. The van der Waals surface area contributed by atoms with Crippen LogP contribution in [0.4, 0.5) is 8.78 Å². The van der Waals surface area contributed by atoms with Gasteiger partial charge in [-0.15, -0.1) is 0 Å². The Kier molecular flexibility index (Phi) is 9.22. The van der Waals surface area contributed by atoms with Crippen LogP contribution in [0.2, 0.25) is 0 Å². The lowest BCUT2D eigenvalue weighted by Gasteiger charge is -2.41. The number of carbonyl (C=O) groups is 2. The molecule has 0 aliphatic rings. The zero-order valence-electron chi connectivity index (χ0n) is 22.5. The second kappa shape index (κ2) is 12.0. The second-order valence-corrected chi connectivity index (χ2v) is 10.9. The van der Waals surface area contributed by atoms with Gasteiger partial charge in [-0.25, -0.2) is 8.78 Å². The predicted molar refractivity (Wildman–Crippen MR) is 144 cm³/mol. The lowest BCUT2D eigenvalue weighted by Crippen LogP contribution is -2.49. The van der Waals surface area contributed by atoms with E-state index in [1.807, 2.05) is 55.7 Å². The lowest BCUT2D eigenvalue weighted by atomic mass is 9.82. The van der Waals surface area contributed by atoms with E-state index in [-0.39, 0.29) is 18.5 Å². The molecule has 3 rings (SSSR count). The van der Waals surface area contributed by atoms with Crippen LogP contribution in [0.25, 0.3) is 11.1 Å². The lowest BCUT2D eigenvalue weighted by molar-refractivity contribution is -0.140. The maximum Gasteiger partial charge on any atom is 0.248 e. The summed E-state index contributed by atoms with van der Waals surface area (Å²) in [4.78, 5) is 26.4. The Labute approximate surface area is 223 Å². The zero-order chi connectivity index (χ0) is 28.1. The van der Waals surface area contributed by atoms with Crippen molar-refractivity contribution in [1.29, 1.82) is 0 Å². The van der Waals surface area contributed by atoms with Gasteiger partial charge in [0.25, 0.3) is 0 Å². The molecule has 0 saturated carbocycles. The van der Waals surface area contributed by atoms with Gasteiger partial charge in [-0.2, -0.15) is 0 Å². The van der Waals surface area contributed by atoms with Crippen molar-refractivity contribution in [1.82, 2.24) is 9.47 Å². The van der Waals surface area contributed by atoms with Crippen molar-refractivity contribution in [3.05, 3.63) is 83.7 Å². The number of aliphatic hydroxyl groups excluding tert-OH is 1. The summed E-state index contributed by atoms with van der Waals surface area (Å²) < 4.78 is 30.8. The van der Waals surface area contributed by atoms with E-state index in [1.165, 1.54) is 0 Å². The molecule has 1 aromatic heterocycles. The molecule has 0 radical (unpaired) electrons. The van der Waals surface area contributed by atoms with Gasteiger partial charge >= 0.3 is 0 Å². The van der Waals surface area contributed by atoms with Crippen molar-refractivity contribution in [3.63, 3.8) is 0 Å². The zero-order valence-corrected chi connectivity index (χ0v) is 22.5. The number of hydrogen-bond donors (Lipinski definition) is 2. The first-order valence-electron chi connectivity index (χ1n) is 12.8. The van der Waals surface area contributed by atoms with Crippen molar-refractivity contribution in [2.24, 2.45) is 11.1 Å². The van der Waals surface area contributed by atoms with Crippen LogP contribution < -0.4 is 5.73 Å². The molecule has 6 nitrogen and oxygen atoms in total. The molecule has 0 saturated heterocycles. The molecule has 8 heteroatoms. The molecule has 2 atom stereocenters. The van der Waals surface area contributed by atoms with Crippen LogP contribution in [0.3, 0.4) is 0 Å². The molecule has 2 aromatic carbocycles. The fraction of sp³-hybridized carbons (Fsp3) is 0.400. The molecule has 0 spiro atoms. The number of rotatable bonds is 11. The number of carbonyl (C=O) groups excluding carboxylic acids is 2. The number of aromatic nitrogens is 1. The van der Waals surface area contributed by atoms with Crippen LogP contribution in [-0.2, 0) is 16.1 Å². The Morgan fingerprint density at radius 1 is 1.13 bits per heavy atom. The molecule has 38 heavy (non-hydrogen) atoms. The molecular formula is C30H37F2N3O3. The Morgan fingerprint density at radius 3 is 2.39 bits per heavy atom. The Balaban J connectivity index is 2.20. The van der Waals surface area contributed by atoms with Crippen LogP contribution in [0.5, 0.6) is 0 Å². The standard InChI is InChI=1S/C30H37F2N3O3/c1-5-30(33,20-37)13-14-35(27(38)19-36)28(29(2,3)4)26-15-22(24-16-23(31)11-12-25(24)32)18-34(26)17-21-9-7-6-8-10-21/h6-12,15-16,18,20,28,36H,5,13-14,17,19,33H2,1-4H3/t28-,30+/m0/s1. The quantitative estimate of drug-likeness (QED) is 0.342. The summed E-state index contributed by atoms with van der Waals surface area (Å²) in [6.45, 7) is 7.53. The predicted octanol–water partition coefficient (Wildman–Crippen LogP) is 5.09. The minimum absolute atomic E-state index is 0.110. The van der Waals surface area contributed by atoms with Crippen LogP contribution in [0.1, 0.15) is 57.8 Å². The molecular weight excluding hydrogens is 488 g/mol. The highest BCUT2D eigenvalue weighted by Crippen LogP contribution is 2.41. The molecule has 1 amide bonds. The number of amides is 1. The third kappa shape index (κ3) is 6.74. The van der Waals surface area contributed by atoms with E-state index in [1.54, 1.807) is 24.1 Å². The third-order valence-corrected chi connectivity index (χ3v) is 6.94. The Morgan fingerprint density at radius 2 is 1.82 bits per heavy atom. The largest absolute Gasteiger partial charge is 0.387 e. The van der Waals surface area contributed by atoms with Gasteiger partial charge in [0.15, 0.2) is 0 Å². The van der Waals surface area contributed by atoms with E-state index < -0.39 is 41.1 Å². The Hall–Kier alpha value is -3.36. The highest BCUT2D eigenvalue weighted by Gasteiger charge is 2.38. The number of nitrogens with zero attached hydrogens (tertiary/aromatic N) is 2. The average Bonchev–Trinajstić information content (AvgIpc) is 3.29. The molecule has 0 aliphatic heterocycles. The van der Waals surface area contributed by atoms with E-state index in [0.29, 0.717) is 30.5 Å². The fourth-order valence-electron chi connectivity index (χ4n) is 4.75. The van der Waals surface area contributed by atoms with E-state index in [9.17, 15) is 23.5 Å². The van der Waals surface area contributed by atoms with E-state index in [0.717, 1.165) is 23.8 Å². The number of halogens is 2. The first kappa shape index (κ1) is 29.2. The van der Waals surface area contributed by atoms with Crippen molar-refractivity contribution < 1.29 is 23.5 Å². The Bertz CT molecular complexity index is 1250. The maximum atomic E-state index is 14.8. The van der Waals surface area contributed by atoms with Crippen LogP contribution in [-0.4, -0.2) is 45.5 Å². The van der Waals surface area contributed by atoms with Gasteiger partial charge in [-0.3, -0.25) is 4.79 Å². The van der Waals surface area contributed by atoms with Gasteiger partial charge in [-0.1, -0.05) is 58.0 Å². The van der Waals surface area contributed by atoms with E-state index >= 15 is 0 Å². The van der Waals surface area contributed by atoms with Crippen molar-refractivity contribution >= 4 is 12.2 Å². The summed E-state index contributed by atoms with van der Waals surface area (Å²) in [5, 5.41) is 9.88. The molecule has 3 N–H and O–H groups in total. The second-order valence-electron chi connectivity index (χ2n) is 10.9.